The van der Waals surface area contributed by atoms with Crippen LogP contribution < -0.4 is 16.9 Å². The van der Waals surface area contributed by atoms with Gasteiger partial charge in [-0.15, -0.1) is 0 Å². The number of hydrazine groups is 1. The lowest BCUT2D eigenvalue weighted by molar-refractivity contribution is -0.122. The summed E-state index contributed by atoms with van der Waals surface area (Å²) in [6, 6.07) is 10.2. The van der Waals surface area contributed by atoms with E-state index in [1.165, 1.54) is 10.6 Å². The highest BCUT2D eigenvalue weighted by Gasteiger charge is 2.10. The molecule has 0 radical (unpaired) electrons. The number of nitrogens with two attached hydrogens (primary N) is 2. The van der Waals surface area contributed by atoms with E-state index in [0.29, 0.717) is 10.4 Å². The molecule has 0 aliphatic heterocycles. The van der Waals surface area contributed by atoms with Crippen molar-refractivity contribution in [3.05, 3.63) is 46.3 Å². The predicted octanol–water partition coefficient (Wildman–Crippen LogP) is 1.32. The average molecular weight is 331 g/mol. The van der Waals surface area contributed by atoms with E-state index in [4.69, 9.17) is 21.5 Å². The zero-order valence-electron chi connectivity index (χ0n) is 10.9. The number of nitrogens with zero attached hydrogens (tertiary/aromatic N) is 1. The lowest BCUT2D eigenvalue weighted by Gasteiger charge is -2.23. The van der Waals surface area contributed by atoms with Gasteiger partial charge >= 0.3 is 0 Å². The first-order valence-electron chi connectivity index (χ1n) is 5.47. The van der Waals surface area contributed by atoms with Gasteiger partial charge in [0, 0.05) is 7.05 Å². The van der Waals surface area contributed by atoms with Crippen LogP contribution in [-0.4, -0.2) is 23.6 Å². The van der Waals surface area contributed by atoms with E-state index in [0.717, 1.165) is 0 Å². The Morgan fingerprint density at radius 1 is 1.47 bits per heavy atom. The molecule has 1 atom stereocenters. The van der Waals surface area contributed by atoms with Gasteiger partial charge in [-0.1, -0.05) is 30.3 Å². The van der Waals surface area contributed by atoms with Crippen molar-refractivity contribution in [1.82, 2.24) is 10.3 Å². The fraction of sp³-hybridized carbons (Fsp3) is 0.250. The van der Waals surface area contributed by atoms with E-state index in [-0.39, 0.29) is 12.5 Å². The maximum atomic E-state index is 8.36. The molecule has 1 unspecified atom stereocenters. The van der Waals surface area contributed by atoms with Crippen molar-refractivity contribution in [3.63, 3.8) is 0 Å². The SMILES string of the molecule is CC(N/C(=C(/N)Br)N(C)N)c1ccccc1.O=CO. The van der Waals surface area contributed by atoms with Gasteiger partial charge < -0.3 is 16.2 Å². The molecule has 0 saturated heterocycles. The van der Waals surface area contributed by atoms with E-state index >= 15 is 0 Å². The summed E-state index contributed by atoms with van der Waals surface area (Å²) < 4.78 is 0.486. The standard InChI is InChI=1S/C11H17BrN4.CH2O2/c1-8(9-6-4-3-5-7-9)15-11(10(12)13)16(2)14;2-1-3/h3-8,15H,13-14H2,1-2H3;1H,(H,2,3)/b11-10-;. The van der Waals surface area contributed by atoms with Crippen LogP contribution in [0.3, 0.4) is 0 Å². The first-order valence-corrected chi connectivity index (χ1v) is 6.26. The molecule has 1 aromatic carbocycles. The van der Waals surface area contributed by atoms with Crippen LogP contribution in [0.2, 0.25) is 0 Å². The second kappa shape index (κ2) is 9.23. The Balaban J connectivity index is 0.000000982. The Hall–Kier alpha value is -1.73. The fourth-order valence-electron chi connectivity index (χ4n) is 1.37. The van der Waals surface area contributed by atoms with Gasteiger partial charge in [0.2, 0.25) is 0 Å². The molecule has 0 aliphatic rings. The zero-order valence-corrected chi connectivity index (χ0v) is 12.5. The number of rotatable bonds is 4. The second-order valence-electron chi connectivity index (χ2n) is 3.69. The summed E-state index contributed by atoms with van der Waals surface area (Å²) in [5.74, 6) is 6.33. The Bertz CT molecular complexity index is 405. The van der Waals surface area contributed by atoms with Gasteiger partial charge in [-0.2, -0.15) is 0 Å². The van der Waals surface area contributed by atoms with Gasteiger partial charge in [-0.05, 0) is 28.4 Å². The van der Waals surface area contributed by atoms with Crippen LogP contribution in [-0.2, 0) is 4.79 Å². The number of carbonyl (C=O) groups is 1. The average Bonchev–Trinajstić information content (AvgIpc) is 2.37. The van der Waals surface area contributed by atoms with Crippen LogP contribution in [0.25, 0.3) is 0 Å². The number of benzene rings is 1. The summed E-state index contributed by atoms with van der Waals surface area (Å²) in [4.78, 5) is 8.36. The maximum absolute atomic E-state index is 8.36. The Morgan fingerprint density at radius 3 is 2.32 bits per heavy atom. The fourth-order valence-corrected chi connectivity index (χ4v) is 1.76. The summed E-state index contributed by atoms with van der Waals surface area (Å²) in [7, 11) is 1.73. The van der Waals surface area contributed by atoms with Crippen LogP contribution in [0.1, 0.15) is 18.5 Å². The number of hydrogen-bond acceptors (Lipinski definition) is 5. The maximum Gasteiger partial charge on any atom is 0.290 e. The Morgan fingerprint density at radius 2 is 1.95 bits per heavy atom. The van der Waals surface area contributed by atoms with Crippen LogP contribution in [0.4, 0.5) is 0 Å². The number of carboxylic acid groups (broad SMARTS) is 1. The first-order chi connectivity index (χ1) is 8.93. The molecule has 19 heavy (non-hydrogen) atoms. The normalized spacial score (nSPS) is 12.4. The molecule has 0 spiro atoms. The molecule has 0 aliphatic carbocycles. The smallest absolute Gasteiger partial charge is 0.290 e. The van der Waals surface area contributed by atoms with Crippen molar-refractivity contribution in [2.75, 3.05) is 7.05 Å². The lowest BCUT2D eigenvalue weighted by atomic mass is 10.1. The summed E-state index contributed by atoms with van der Waals surface area (Å²) in [6.45, 7) is 1.80. The molecule has 6 nitrogen and oxygen atoms in total. The largest absolute Gasteiger partial charge is 0.483 e. The molecule has 0 aromatic heterocycles. The number of hydrogen-bond donors (Lipinski definition) is 4. The third kappa shape index (κ3) is 6.68. The highest BCUT2D eigenvalue weighted by atomic mass is 79.9. The molecule has 0 fully saturated rings. The molecule has 106 valence electrons. The van der Waals surface area contributed by atoms with Crippen LogP contribution in [0.15, 0.2) is 40.8 Å². The molecule has 0 heterocycles. The van der Waals surface area contributed by atoms with Crippen molar-refractivity contribution >= 4 is 22.4 Å². The highest BCUT2D eigenvalue weighted by Crippen LogP contribution is 2.15. The second-order valence-corrected chi connectivity index (χ2v) is 4.54. The van der Waals surface area contributed by atoms with Crippen LogP contribution >= 0.6 is 15.9 Å². The summed E-state index contributed by atoms with van der Waals surface area (Å²) in [6.07, 6.45) is 0. The number of nitrogens with one attached hydrogen (secondary N) is 1. The van der Waals surface area contributed by atoms with E-state index < -0.39 is 0 Å². The van der Waals surface area contributed by atoms with Crippen LogP contribution in [0, 0.1) is 0 Å². The van der Waals surface area contributed by atoms with Crippen molar-refractivity contribution in [3.8, 4) is 0 Å². The molecule has 0 saturated carbocycles. The third-order valence-electron chi connectivity index (χ3n) is 2.23. The van der Waals surface area contributed by atoms with Crippen molar-refractivity contribution < 1.29 is 9.90 Å². The Labute approximate surface area is 121 Å². The lowest BCUT2D eigenvalue weighted by Crippen LogP contribution is -2.36. The third-order valence-corrected chi connectivity index (χ3v) is 2.61. The van der Waals surface area contributed by atoms with Gasteiger partial charge in [-0.3, -0.25) is 9.80 Å². The summed E-state index contributed by atoms with van der Waals surface area (Å²) in [5, 5.41) is 11.6. The van der Waals surface area contributed by atoms with E-state index in [2.05, 4.69) is 40.3 Å². The van der Waals surface area contributed by atoms with Crippen LogP contribution in [0.5, 0.6) is 0 Å². The molecule has 0 bridgehead atoms. The molecule has 0 amide bonds. The van der Waals surface area contributed by atoms with E-state index in [9.17, 15) is 0 Å². The topological polar surface area (TPSA) is 105 Å². The van der Waals surface area contributed by atoms with E-state index in [1.54, 1.807) is 7.05 Å². The molecule has 7 heteroatoms. The molecular weight excluding hydrogens is 312 g/mol. The van der Waals surface area contributed by atoms with E-state index in [1.807, 2.05) is 18.2 Å². The zero-order chi connectivity index (χ0) is 14.8. The van der Waals surface area contributed by atoms with Crippen molar-refractivity contribution in [2.45, 2.75) is 13.0 Å². The first kappa shape index (κ1) is 17.3. The summed E-state index contributed by atoms with van der Waals surface area (Å²) >= 11 is 3.22. The predicted molar refractivity (Wildman–Crippen MR) is 78.8 cm³/mol. The Kier molecular flexibility index (Phi) is 8.39. The van der Waals surface area contributed by atoms with Crippen molar-refractivity contribution in [1.29, 1.82) is 0 Å². The monoisotopic (exact) mass is 330 g/mol. The van der Waals surface area contributed by atoms with Gasteiger partial charge in [0.25, 0.3) is 6.47 Å². The quantitative estimate of drug-likeness (QED) is 0.287. The van der Waals surface area contributed by atoms with Gasteiger partial charge in [-0.25, -0.2) is 5.84 Å². The molecule has 6 N–H and O–H groups in total. The van der Waals surface area contributed by atoms with Gasteiger partial charge in [0.15, 0.2) is 0 Å². The van der Waals surface area contributed by atoms with Crippen molar-refractivity contribution in [2.24, 2.45) is 11.6 Å². The molecule has 1 aromatic rings. The highest BCUT2D eigenvalue weighted by molar-refractivity contribution is 9.11. The van der Waals surface area contributed by atoms with Gasteiger partial charge in [0.05, 0.1) is 6.04 Å². The van der Waals surface area contributed by atoms with Gasteiger partial charge in [0.1, 0.15) is 10.4 Å². The number of halogens is 1. The molecular formula is C12H19BrN4O2. The minimum absolute atomic E-state index is 0.137. The minimum Gasteiger partial charge on any atom is -0.483 e. The molecule has 1 rings (SSSR count). The summed E-state index contributed by atoms with van der Waals surface area (Å²) in [5.41, 5.74) is 6.85. The minimum atomic E-state index is -0.250.